The maximum Gasteiger partial charge on any atom is 0.409 e. The predicted molar refractivity (Wildman–Crippen MR) is 188 cm³/mol. The number of alkyl carbamates (subject to hydrolysis) is 1. The van der Waals surface area contributed by atoms with Gasteiger partial charge in [0.05, 0.1) is 6.42 Å². The van der Waals surface area contributed by atoms with Crippen molar-refractivity contribution in [2.45, 2.75) is 132 Å². The first-order valence-corrected chi connectivity index (χ1v) is 17.8. The van der Waals surface area contributed by atoms with Crippen LogP contribution in [0.15, 0.2) is 24.3 Å². The lowest BCUT2D eigenvalue weighted by molar-refractivity contribution is -0.119. The van der Waals surface area contributed by atoms with Gasteiger partial charge in [0.25, 0.3) is 0 Å². The second kappa shape index (κ2) is 16.0. The normalized spacial score (nSPS) is 12.2. The van der Waals surface area contributed by atoms with Crippen molar-refractivity contribution in [1.29, 1.82) is 0 Å². The molecule has 0 bridgehead atoms. The average molecular weight is 674 g/mol. The molecule has 11 heteroatoms. The Hall–Kier alpha value is -3.60. The molecule has 0 fully saturated rings. The number of anilines is 1. The number of carbonyl (C=O) groups is 3. The van der Waals surface area contributed by atoms with Gasteiger partial charge in [-0.15, -0.1) is 0 Å². The highest BCUT2D eigenvalue weighted by Crippen LogP contribution is 2.38. The lowest BCUT2D eigenvalue weighted by atomic mass is 9.83. The van der Waals surface area contributed by atoms with E-state index in [2.05, 4.69) is 69.0 Å². The minimum Gasteiger partial charge on any atom is -0.444 e. The Balaban J connectivity index is 2.37. The van der Waals surface area contributed by atoms with Crippen molar-refractivity contribution in [2.24, 2.45) is 0 Å². The Morgan fingerprint density at radius 1 is 0.702 bits per heavy atom. The van der Waals surface area contributed by atoms with E-state index in [1.165, 1.54) is 5.56 Å². The minimum atomic E-state index is -4.57. The summed E-state index contributed by atoms with van der Waals surface area (Å²) in [5.74, 6) is -0.903. The van der Waals surface area contributed by atoms with Crippen molar-refractivity contribution in [2.75, 3.05) is 11.9 Å². The molecule has 0 aliphatic carbocycles. The molecule has 2 aromatic rings. The molecule has 0 spiro atoms. The van der Waals surface area contributed by atoms with Crippen LogP contribution in [-0.2, 0) is 31.1 Å². The molecular weight excluding hydrogens is 618 g/mol. The third-order valence-electron chi connectivity index (χ3n) is 7.49. The van der Waals surface area contributed by atoms with Crippen LogP contribution in [0.25, 0.3) is 0 Å². The zero-order valence-electron chi connectivity index (χ0n) is 30.4. The molecule has 0 saturated heterocycles. The van der Waals surface area contributed by atoms with E-state index >= 15 is 0 Å². The van der Waals surface area contributed by atoms with Crippen molar-refractivity contribution in [3.8, 4) is 5.75 Å². The van der Waals surface area contributed by atoms with Crippen molar-refractivity contribution >= 4 is 33.9 Å². The summed E-state index contributed by atoms with van der Waals surface area (Å²) < 4.78 is 39.7. The van der Waals surface area contributed by atoms with Gasteiger partial charge in [-0.25, -0.2) is 9.52 Å². The third kappa shape index (κ3) is 11.9. The maximum absolute atomic E-state index is 13.4. The number of ether oxygens (including phenoxy) is 1. The summed E-state index contributed by atoms with van der Waals surface area (Å²) in [6.45, 7) is 24.8. The van der Waals surface area contributed by atoms with Crippen LogP contribution in [0, 0.1) is 0 Å². The first-order chi connectivity index (χ1) is 21.5. The highest BCUT2D eigenvalue weighted by atomic mass is 32.2. The second-order valence-corrected chi connectivity index (χ2v) is 15.9. The zero-order valence-corrected chi connectivity index (χ0v) is 31.2. The monoisotopic (exact) mass is 673 g/mol. The number of nitrogens with one attached hydrogen (secondary N) is 3. The Morgan fingerprint density at radius 3 is 1.57 bits per heavy atom. The van der Waals surface area contributed by atoms with E-state index in [1.54, 1.807) is 32.9 Å². The van der Waals surface area contributed by atoms with Crippen LogP contribution in [-0.4, -0.2) is 38.5 Å². The maximum atomic E-state index is 13.4. The molecule has 0 radical (unpaired) electrons. The fourth-order valence-corrected chi connectivity index (χ4v) is 5.95. The molecule has 0 heterocycles. The lowest BCUT2D eigenvalue weighted by Crippen LogP contribution is -2.37. The van der Waals surface area contributed by atoms with Crippen LogP contribution in [0.1, 0.15) is 153 Å². The van der Waals surface area contributed by atoms with E-state index in [4.69, 9.17) is 8.92 Å². The molecule has 262 valence electrons. The number of carbonyl (C=O) groups excluding carboxylic acids is 3. The summed E-state index contributed by atoms with van der Waals surface area (Å²) in [4.78, 5) is 38.0. The van der Waals surface area contributed by atoms with Crippen LogP contribution < -0.4 is 19.5 Å². The Bertz CT molecular complexity index is 1490. The Morgan fingerprint density at radius 2 is 1.17 bits per heavy atom. The molecule has 0 unspecified atom stereocenters. The largest absolute Gasteiger partial charge is 0.444 e. The summed E-state index contributed by atoms with van der Waals surface area (Å²) in [6, 6.07) is 7.50. The van der Waals surface area contributed by atoms with Crippen LogP contribution in [0.2, 0.25) is 0 Å². The van der Waals surface area contributed by atoms with Gasteiger partial charge >= 0.3 is 16.4 Å². The summed E-state index contributed by atoms with van der Waals surface area (Å²) >= 11 is 0. The van der Waals surface area contributed by atoms with E-state index in [-0.39, 0.29) is 42.4 Å². The fourth-order valence-electron chi connectivity index (χ4n) is 5.15. The lowest BCUT2D eigenvalue weighted by Gasteiger charge is -2.23. The van der Waals surface area contributed by atoms with Gasteiger partial charge in [0, 0.05) is 16.8 Å². The first kappa shape index (κ1) is 39.6. The molecule has 10 nitrogen and oxygen atoms in total. The SMILES string of the molecule is CC(C)c1cc(C(C)C)c(CC(=O)NS(=O)(=O)Oc2c(C(C)C)cc(NC(=O)CNC(=O)OC(C)(C)C)cc2C(C)C)c(C(C)C)c1. The average Bonchev–Trinajstić information content (AvgIpc) is 2.90. The van der Waals surface area contributed by atoms with Crippen LogP contribution in [0.4, 0.5) is 10.5 Å². The van der Waals surface area contributed by atoms with Gasteiger partial charge in [0.15, 0.2) is 5.75 Å². The second-order valence-electron chi connectivity index (χ2n) is 14.6. The molecule has 0 saturated carbocycles. The van der Waals surface area contributed by atoms with Crippen LogP contribution in [0.3, 0.4) is 0 Å². The summed E-state index contributed by atoms with van der Waals surface area (Å²) in [6.07, 6.45) is -0.832. The number of hydrogen-bond acceptors (Lipinski definition) is 7. The Kier molecular flexibility index (Phi) is 13.5. The van der Waals surface area contributed by atoms with E-state index in [1.807, 2.05) is 27.7 Å². The first-order valence-electron chi connectivity index (χ1n) is 16.4. The topological polar surface area (TPSA) is 140 Å². The number of benzene rings is 2. The Labute approximate surface area is 282 Å². The number of hydrogen-bond donors (Lipinski definition) is 3. The summed E-state index contributed by atoms with van der Waals surface area (Å²) in [5, 5.41) is 5.18. The highest BCUT2D eigenvalue weighted by molar-refractivity contribution is 7.85. The van der Waals surface area contributed by atoms with Crippen molar-refractivity contribution in [3.63, 3.8) is 0 Å². The van der Waals surface area contributed by atoms with Crippen LogP contribution in [0.5, 0.6) is 5.75 Å². The highest BCUT2D eigenvalue weighted by Gasteiger charge is 2.27. The molecule has 2 rings (SSSR count). The summed E-state index contributed by atoms with van der Waals surface area (Å²) in [7, 11) is -4.57. The molecular formula is C36H55N3O7S. The molecule has 3 N–H and O–H groups in total. The molecule has 2 aromatic carbocycles. The van der Waals surface area contributed by atoms with Crippen molar-refractivity contribution < 1.29 is 31.7 Å². The molecule has 3 amide bonds. The van der Waals surface area contributed by atoms with Gasteiger partial charge in [-0.3, -0.25) is 9.59 Å². The van der Waals surface area contributed by atoms with Crippen LogP contribution >= 0.6 is 0 Å². The van der Waals surface area contributed by atoms with Gasteiger partial charge < -0.3 is 19.6 Å². The smallest absolute Gasteiger partial charge is 0.409 e. The van der Waals surface area contributed by atoms with E-state index in [0.717, 1.165) is 16.7 Å². The fraction of sp³-hybridized carbons (Fsp3) is 0.583. The van der Waals surface area contributed by atoms with E-state index < -0.39 is 33.8 Å². The summed E-state index contributed by atoms with van der Waals surface area (Å²) in [5.41, 5.74) is 4.82. The van der Waals surface area contributed by atoms with Crippen molar-refractivity contribution in [1.82, 2.24) is 10.0 Å². The van der Waals surface area contributed by atoms with Crippen molar-refractivity contribution in [3.05, 3.63) is 57.6 Å². The number of amides is 3. The van der Waals surface area contributed by atoms with E-state index in [0.29, 0.717) is 22.7 Å². The number of rotatable bonds is 13. The quantitative estimate of drug-likeness (QED) is 0.198. The molecule has 0 atom stereocenters. The van der Waals surface area contributed by atoms with Gasteiger partial charge in [-0.1, -0.05) is 81.4 Å². The third-order valence-corrected chi connectivity index (χ3v) is 8.35. The minimum absolute atomic E-state index is 0.104. The molecule has 0 aromatic heterocycles. The van der Waals surface area contributed by atoms with Gasteiger partial charge in [-0.2, -0.15) is 8.42 Å². The standard InChI is InChI=1S/C36H55N3O7S/c1-20(2)25-14-27(21(3)4)31(28(15-25)22(5)6)18-32(40)39-47(43,44)46-34-29(23(7)8)16-26(17-30(34)24(9)10)38-33(41)19-37-35(42)45-36(11,12)13/h14-17,20-24H,18-19H2,1-13H3,(H,37,42)(H,38,41)(H,39,40). The predicted octanol–water partition coefficient (Wildman–Crippen LogP) is 7.75. The van der Waals surface area contributed by atoms with E-state index in [9.17, 15) is 22.8 Å². The zero-order chi connectivity index (χ0) is 36.0. The molecule has 47 heavy (non-hydrogen) atoms. The van der Waals surface area contributed by atoms with Gasteiger partial charge in [-0.05, 0) is 84.7 Å². The molecule has 0 aliphatic rings. The van der Waals surface area contributed by atoms with Gasteiger partial charge in [0.2, 0.25) is 11.8 Å². The van der Waals surface area contributed by atoms with Gasteiger partial charge in [0.1, 0.15) is 12.1 Å². The molecule has 0 aliphatic heterocycles.